The summed E-state index contributed by atoms with van der Waals surface area (Å²) in [7, 11) is -3.64. The van der Waals surface area contributed by atoms with E-state index in [9.17, 15) is 13.2 Å². The van der Waals surface area contributed by atoms with Crippen molar-refractivity contribution in [3.63, 3.8) is 0 Å². The van der Waals surface area contributed by atoms with Crippen LogP contribution in [-0.2, 0) is 16.4 Å². The lowest BCUT2D eigenvalue weighted by Gasteiger charge is -2.20. The molecule has 0 fully saturated rings. The summed E-state index contributed by atoms with van der Waals surface area (Å²) < 4.78 is 27.3. The summed E-state index contributed by atoms with van der Waals surface area (Å²) in [5.74, 6) is -0.301. The van der Waals surface area contributed by atoms with Crippen molar-refractivity contribution >= 4 is 21.6 Å². The van der Waals surface area contributed by atoms with Gasteiger partial charge in [-0.05, 0) is 86.8 Å². The Balaban J connectivity index is 1.64. The van der Waals surface area contributed by atoms with Crippen molar-refractivity contribution in [2.24, 2.45) is 0 Å². The Hall–Kier alpha value is -3.03. The molecule has 30 heavy (non-hydrogen) atoms. The number of rotatable bonds is 6. The maximum Gasteiger partial charge on any atom is 0.255 e. The van der Waals surface area contributed by atoms with Gasteiger partial charge in [0.05, 0.1) is 4.90 Å². The van der Waals surface area contributed by atoms with Crippen LogP contribution < -0.4 is 10.0 Å². The molecule has 0 aliphatic heterocycles. The molecular weight excluding hydrogens is 398 g/mol. The van der Waals surface area contributed by atoms with Gasteiger partial charge in [-0.3, -0.25) is 9.78 Å². The van der Waals surface area contributed by atoms with Gasteiger partial charge in [-0.1, -0.05) is 12.1 Å². The van der Waals surface area contributed by atoms with Gasteiger partial charge < -0.3 is 5.32 Å². The molecule has 1 amide bonds. The Morgan fingerprint density at radius 3 is 2.00 bits per heavy atom. The summed E-state index contributed by atoms with van der Waals surface area (Å²) in [4.78, 5) is 16.6. The highest BCUT2D eigenvalue weighted by Gasteiger charge is 2.22. The SMILES string of the molecule is CC(C)(C)NS(=O)(=O)c1ccc(C(=O)Nc2ccc(Cc3ccncc3)cc2)cc1. The van der Waals surface area contributed by atoms with E-state index in [1.807, 2.05) is 36.4 Å². The number of aromatic nitrogens is 1. The fourth-order valence-electron chi connectivity index (χ4n) is 2.89. The highest BCUT2D eigenvalue weighted by atomic mass is 32.2. The molecule has 0 saturated heterocycles. The fourth-order valence-corrected chi connectivity index (χ4v) is 4.31. The zero-order valence-corrected chi connectivity index (χ0v) is 18.0. The first-order chi connectivity index (χ1) is 14.1. The summed E-state index contributed by atoms with van der Waals surface area (Å²) >= 11 is 0. The van der Waals surface area contributed by atoms with E-state index in [4.69, 9.17) is 0 Å². The number of benzene rings is 2. The van der Waals surface area contributed by atoms with Gasteiger partial charge in [-0.15, -0.1) is 0 Å². The van der Waals surface area contributed by atoms with Crippen LogP contribution in [0.2, 0.25) is 0 Å². The van der Waals surface area contributed by atoms with Crippen LogP contribution in [-0.4, -0.2) is 24.8 Å². The molecule has 7 heteroatoms. The van der Waals surface area contributed by atoms with Crippen LogP contribution in [0.3, 0.4) is 0 Å². The van der Waals surface area contributed by atoms with Crippen LogP contribution >= 0.6 is 0 Å². The third-order valence-electron chi connectivity index (χ3n) is 4.24. The Bertz CT molecular complexity index is 1100. The van der Waals surface area contributed by atoms with E-state index in [-0.39, 0.29) is 10.8 Å². The van der Waals surface area contributed by atoms with Crippen LogP contribution in [0.1, 0.15) is 42.3 Å². The number of nitrogens with zero attached hydrogens (tertiary/aromatic N) is 1. The molecule has 0 saturated carbocycles. The molecule has 3 aromatic rings. The zero-order chi connectivity index (χ0) is 21.8. The van der Waals surface area contributed by atoms with Crippen molar-refractivity contribution < 1.29 is 13.2 Å². The Kier molecular flexibility index (Phi) is 6.34. The van der Waals surface area contributed by atoms with Gasteiger partial charge >= 0.3 is 0 Å². The number of sulfonamides is 1. The van der Waals surface area contributed by atoms with E-state index in [1.165, 1.54) is 24.3 Å². The largest absolute Gasteiger partial charge is 0.322 e. The lowest BCUT2D eigenvalue weighted by Crippen LogP contribution is -2.40. The highest BCUT2D eigenvalue weighted by Crippen LogP contribution is 2.17. The van der Waals surface area contributed by atoms with Crippen LogP contribution in [0.15, 0.2) is 78.0 Å². The Labute approximate surface area is 177 Å². The number of carbonyl (C=O) groups is 1. The predicted octanol–water partition coefficient (Wildman–Crippen LogP) is 4.00. The molecule has 0 radical (unpaired) electrons. The minimum absolute atomic E-state index is 0.120. The van der Waals surface area contributed by atoms with Crippen molar-refractivity contribution in [2.45, 2.75) is 37.6 Å². The molecule has 2 aromatic carbocycles. The van der Waals surface area contributed by atoms with Crippen molar-refractivity contribution in [1.29, 1.82) is 0 Å². The van der Waals surface area contributed by atoms with Crippen molar-refractivity contribution in [1.82, 2.24) is 9.71 Å². The maximum atomic E-state index is 12.5. The molecule has 1 aromatic heterocycles. The predicted molar refractivity (Wildman–Crippen MR) is 118 cm³/mol. The van der Waals surface area contributed by atoms with Gasteiger partial charge in [-0.25, -0.2) is 13.1 Å². The number of amides is 1. The standard InChI is InChI=1S/C23H25N3O3S/c1-23(2,3)26-30(28,29)21-10-6-19(7-11-21)22(27)25-20-8-4-17(5-9-20)16-18-12-14-24-15-13-18/h4-15,26H,16H2,1-3H3,(H,25,27). The third kappa shape index (κ3) is 5.98. The van der Waals surface area contributed by atoms with Crippen LogP contribution in [0.4, 0.5) is 5.69 Å². The molecule has 0 aliphatic rings. The van der Waals surface area contributed by atoms with Gasteiger partial charge in [0.1, 0.15) is 0 Å². The smallest absolute Gasteiger partial charge is 0.255 e. The molecule has 6 nitrogen and oxygen atoms in total. The molecule has 1 heterocycles. The Morgan fingerprint density at radius 2 is 1.43 bits per heavy atom. The average Bonchev–Trinajstić information content (AvgIpc) is 2.68. The summed E-state index contributed by atoms with van der Waals surface area (Å²) in [5, 5.41) is 2.83. The van der Waals surface area contributed by atoms with Gasteiger partial charge in [0, 0.05) is 29.2 Å². The Morgan fingerprint density at radius 1 is 0.867 bits per heavy atom. The minimum atomic E-state index is -3.64. The number of anilines is 1. The van der Waals surface area contributed by atoms with Gasteiger partial charge in [-0.2, -0.15) is 0 Å². The molecule has 0 atom stereocenters. The molecule has 0 bridgehead atoms. The van der Waals surface area contributed by atoms with Crippen LogP contribution in [0, 0.1) is 0 Å². The highest BCUT2D eigenvalue weighted by molar-refractivity contribution is 7.89. The average molecular weight is 424 g/mol. The lowest BCUT2D eigenvalue weighted by molar-refractivity contribution is 0.102. The van der Waals surface area contributed by atoms with Crippen molar-refractivity contribution in [3.05, 3.63) is 89.7 Å². The molecule has 3 rings (SSSR count). The molecule has 156 valence electrons. The number of hydrogen-bond acceptors (Lipinski definition) is 4. The lowest BCUT2D eigenvalue weighted by atomic mass is 10.1. The first-order valence-electron chi connectivity index (χ1n) is 9.56. The van der Waals surface area contributed by atoms with Gasteiger partial charge in [0.2, 0.25) is 10.0 Å². The second-order valence-corrected chi connectivity index (χ2v) is 9.75. The topological polar surface area (TPSA) is 88.2 Å². The zero-order valence-electron chi connectivity index (χ0n) is 17.2. The number of hydrogen-bond donors (Lipinski definition) is 2. The van der Waals surface area contributed by atoms with Crippen LogP contribution in [0.5, 0.6) is 0 Å². The van der Waals surface area contributed by atoms with Gasteiger partial charge in [0.25, 0.3) is 5.91 Å². The monoisotopic (exact) mass is 423 g/mol. The van der Waals surface area contributed by atoms with E-state index < -0.39 is 15.6 Å². The molecule has 0 aliphatic carbocycles. The molecule has 2 N–H and O–H groups in total. The maximum absolute atomic E-state index is 12.5. The third-order valence-corrected chi connectivity index (χ3v) is 6.01. The van der Waals surface area contributed by atoms with E-state index in [0.29, 0.717) is 11.3 Å². The van der Waals surface area contributed by atoms with Crippen molar-refractivity contribution in [3.8, 4) is 0 Å². The molecule has 0 spiro atoms. The minimum Gasteiger partial charge on any atom is -0.322 e. The first-order valence-corrected chi connectivity index (χ1v) is 11.0. The number of carbonyl (C=O) groups excluding carboxylic acids is 1. The first kappa shape index (κ1) is 21.7. The molecular formula is C23H25N3O3S. The number of nitrogens with one attached hydrogen (secondary N) is 2. The van der Waals surface area contributed by atoms with E-state index >= 15 is 0 Å². The molecule has 0 unspecified atom stereocenters. The second kappa shape index (κ2) is 8.77. The van der Waals surface area contributed by atoms with Crippen LogP contribution in [0.25, 0.3) is 0 Å². The van der Waals surface area contributed by atoms with E-state index in [2.05, 4.69) is 15.0 Å². The fraction of sp³-hybridized carbons (Fsp3) is 0.217. The van der Waals surface area contributed by atoms with E-state index in [0.717, 1.165) is 17.5 Å². The summed E-state index contributed by atoms with van der Waals surface area (Å²) in [6, 6.07) is 17.4. The summed E-state index contributed by atoms with van der Waals surface area (Å²) in [5.41, 5.74) is 2.76. The summed E-state index contributed by atoms with van der Waals surface area (Å²) in [6.07, 6.45) is 4.31. The van der Waals surface area contributed by atoms with Gasteiger partial charge in [0.15, 0.2) is 0 Å². The van der Waals surface area contributed by atoms with E-state index in [1.54, 1.807) is 33.2 Å². The second-order valence-electron chi connectivity index (χ2n) is 8.06. The number of pyridine rings is 1. The normalized spacial score (nSPS) is 11.8. The van der Waals surface area contributed by atoms with Crippen molar-refractivity contribution in [2.75, 3.05) is 5.32 Å². The quantitative estimate of drug-likeness (QED) is 0.627. The summed E-state index contributed by atoms with van der Waals surface area (Å²) in [6.45, 7) is 5.32.